The van der Waals surface area contributed by atoms with Crippen LogP contribution in [0.15, 0.2) is 12.3 Å². The smallest absolute Gasteiger partial charge is 0.184 e. The van der Waals surface area contributed by atoms with Crippen LogP contribution in [-0.4, -0.2) is 44.0 Å². The zero-order valence-electron chi connectivity index (χ0n) is 9.78. The Bertz CT molecular complexity index is 186. The number of rotatable bonds is 9. The average Bonchev–Trinajstić information content (AvgIpc) is 3.01. The Morgan fingerprint density at radius 2 is 2.27 bits per heavy atom. The first-order valence-corrected chi connectivity index (χ1v) is 10.4. The second-order valence-electron chi connectivity index (χ2n) is 4.06. The summed E-state index contributed by atoms with van der Waals surface area (Å²) in [7, 11) is -1.99. The van der Waals surface area contributed by atoms with Crippen molar-refractivity contribution in [3.8, 4) is 0 Å². The average molecular weight is 246 g/mol. The fourth-order valence-corrected chi connectivity index (χ4v) is 6.00. The summed E-state index contributed by atoms with van der Waals surface area (Å²) in [4.78, 5) is 0. The lowest BCUT2D eigenvalue weighted by atomic mass is 10.5. The van der Waals surface area contributed by atoms with Crippen LogP contribution in [0, 0.1) is 0 Å². The van der Waals surface area contributed by atoms with Gasteiger partial charge in [0.15, 0.2) is 18.1 Å². The Labute approximate surface area is 95.9 Å². The fourth-order valence-electron chi connectivity index (χ4n) is 1.34. The van der Waals surface area contributed by atoms with E-state index in [1.54, 1.807) is 0 Å². The summed E-state index contributed by atoms with van der Waals surface area (Å²) in [6.07, 6.45) is 1.52. The van der Waals surface area contributed by atoms with Crippen molar-refractivity contribution in [2.75, 3.05) is 19.8 Å². The molecule has 88 valence electrons. The molecule has 1 heterocycles. The second kappa shape index (κ2) is 7.35. The van der Waals surface area contributed by atoms with Gasteiger partial charge in [-0.25, -0.2) is 0 Å². The highest BCUT2D eigenvalue weighted by Gasteiger charge is 2.22. The number of epoxide rings is 1. The highest BCUT2D eigenvalue weighted by Crippen LogP contribution is 2.09. The van der Waals surface area contributed by atoms with Gasteiger partial charge >= 0.3 is 0 Å². The molecule has 1 fully saturated rings. The summed E-state index contributed by atoms with van der Waals surface area (Å²) >= 11 is 0. The summed E-state index contributed by atoms with van der Waals surface area (Å²) in [6, 6.07) is 1.21. The minimum atomic E-state index is -1.04. The predicted molar refractivity (Wildman–Crippen MR) is 67.3 cm³/mol. The molecule has 3 nitrogen and oxygen atoms in total. The third-order valence-corrected chi connectivity index (χ3v) is 7.85. The molecule has 15 heavy (non-hydrogen) atoms. The van der Waals surface area contributed by atoms with Gasteiger partial charge < -0.3 is 13.6 Å². The minimum absolute atomic E-state index is 0.393. The van der Waals surface area contributed by atoms with Gasteiger partial charge in [0.1, 0.15) is 6.10 Å². The first-order valence-electron chi connectivity index (χ1n) is 5.69. The molecular formula is C10H22O3Si2. The summed E-state index contributed by atoms with van der Waals surface area (Å²) < 4.78 is 16.4. The maximum Gasteiger partial charge on any atom is 0.184 e. The molecule has 0 aliphatic carbocycles. The number of hydrogen-bond donors (Lipinski definition) is 0. The monoisotopic (exact) mass is 246 g/mol. The van der Waals surface area contributed by atoms with Crippen LogP contribution in [0.25, 0.3) is 0 Å². The van der Waals surface area contributed by atoms with E-state index >= 15 is 0 Å². The maximum absolute atomic E-state index is 5.92. The van der Waals surface area contributed by atoms with E-state index in [-0.39, 0.29) is 0 Å². The van der Waals surface area contributed by atoms with E-state index in [2.05, 4.69) is 19.7 Å². The highest BCUT2D eigenvalue weighted by atomic mass is 28.4. The van der Waals surface area contributed by atoms with Gasteiger partial charge in [-0.1, -0.05) is 5.70 Å². The zero-order valence-corrected chi connectivity index (χ0v) is 12.1. The zero-order chi connectivity index (χ0) is 11.1. The molecule has 5 heteroatoms. The predicted octanol–water partition coefficient (Wildman–Crippen LogP) is 1.24. The van der Waals surface area contributed by atoms with Crippen LogP contribution in [-0.2, 0) is 13.6 Å². The molecule has 0 aromatic rings. The van der Waals surface area contributed by atoms with Crippen molar-refractivity contribution >= 4 is 18.1 Å². The molecule has 1 aliphatic rings. The second-order valence-corrected chi connectivity index (χ2v) is 9.23. The molecule has 0 radical (unpaired) electrons. The molecule has 0 amide bonds. The van der Waals surface area contributed by atoms with Crippen molar-refractivity contribution in [3.05, 3.63) is 12.3 Å². The number of hydrogen-bond acceptors (Lipinski definition) is 3. The van der Waals surface area contributed by atoms with Crippen molar-refractivity contribution in [1.82, 2.24) is 0 Å². The largest absolute Gasteiger partial charge is 0.457 e. The molecule has 0 aromatic carbocycles. The Balaban J connectivity index is 1.86. The van der Waals surface area contributed by atoms with E-state index in [0.29, 0.717) is 6.10 Å². The van der Waals surface area contributed by atoms with Crippen LogP contribution < -0.4 is 0 Å². The third-order valence-electron chi connectivity index (χ3n) is 2.38. The van der Waals surface area contributed by atoms with Crippen LogP contribution in [0.5, 0.6) is 0 Å². The Kier molecular flexibility index (Phi) is 6.43. The Morgan fingerprint density at radius 3 is 2.87 bits per heavy atom. The van der Waals surface area contributed by atoms with Crippen LogP contribution in [0.2, 0.25) is 19.1 Å². The van der Waals surface area contributed by atoms with Gasteiger partial charge in [-0.05, 0) is 25.6 Å². The van der Waals surface area contributed by atoms with Crippen molar-refractivity contribution < 1.29 is 13.6 Å². The van der Waals surface area contributed by atoms with Crippen LogP contribution in [0.1, 0.15) is 6.42 Å². The first-order chi connectivity index (χ1) is 7.22. The van der Waals surface area contributed by atoms with Gasteiger partial charge in [-0.15, -0.1) is 6.58 Å². The summed E-state index contributed by atoms with van der Waals surface area (Å²) in [6.45, 7) is 10.7. The lowest BCUT2D eigenvalue weighted by molar-refractivity contribution is 0.117. The van der Waals surface area contributed by atoms with Crippen molar-refractivity contribution in [2.45, 2.75) is 31.7 Å². The lowest BCUT2D eigenvalue weighted by Crippen LogP contribution is -2.22. The molecule has 0 spiro atoms. The quantitative estimate of drug-likeness (QED) is 0.348. The molecule has 1 aliphatic heterocycles. The van der Waals surface area contributed by atoms with Gasteiger partial charge in [0.2, 0.25) is 0 Å². The van der Waals surface area contributed by atoms with E-state index in [1.165, 1.54) is 6.04 Å². The lowest BCUT2D eigenvalue weighted by Gasteiger charge is -2.14. The Hall–Kier alpha value is 0.0538. The fraction of sp³-hybridized carbons (Fsp3) is 0.800. The van der Waals surface area contributed by atoms with Gasteiger partial charge in [-0.2, -0.15) is 0 Å². The normalized spacial score (nSPS) is 23.5. The minimum Gasteiger partial charge on any atom is -0.457 e. The third kappa shape index (κ3) is 7.02. The summed E-state index contributed by atoms with van der Waals surface area (Å²) in [5, 5.41) is 0. The van der Waals surface area contributed by atoms with Crippen LogP contribution >= 0.6 is 0 Å². The van der Waals surface area contributed by atoms with E-state index in [9.17, 15) is 0 Å². The first kappa shape index (κ1) is 13.1. The van der Waals surface area contributed by atoms with E-state index in [0.717, 1.165) is 26.2 Å². The molecule has 3 unspecified atom stereocenters. The standard InChI is InChI=1S/C10H22O3Si2/c1-4-14(2)13-15(3)7-5-6-11-8-10-9-12-10/h4,10,14-15H,1,5-9H2,2-3H3. The molecule has 0 N–H and O–H groups in total. The van der Waals surface area contributed by atoms with Crippen LogP contribution in [0.4, 0.5) is 0 Å². The Morgan fingerprint density at radius 1 is 1.53 bits per heavy atom. The molecule has 0 bridgehead atoms. The van der Waals surface area contributed by atoms with Crippen molar-refractivity contribution in [3.63, 3.8) is 0 Å². The van der Waals surface area contributed by atoms with Gasteiger partial charge in [0.25, 0.3) is 0 Å². The SMILES string of the molecule is C=C[SiH](C)O[SiH](C)CCCOCC1CO1. The van der Waals surface area contributed by atoms with Crippen molar-refractivity contribution in [1.29, 1.82) is 0 Å². The summed E-state index contributed by atoms with van der Waals surface area (Å²) in [5.41, 5.74) is 1.99. The number of ether oxygens (including phenoxy) is 2. The van der Waals surface area contributed by atoms with Gasteiger partial charge in [0.05, 0.1) is 13.2 Å². The van der Waals surface area contributed by atoms with Gasteiger partial charge in [0, 0.05) is 6.61 Å². The molecular weight excluding hydrogens is 224 g/mol. The highest BCUT2D eigenvalue weighted by molar-refractivity contribution is 6.67. The molecule has 1 rings (SSSR count). The molecule has 0 aromatic heterocycles. The molecule has 1 saturated heterocycles. The topological polar surface area (TPSA) is 31.0 Å². The van der Waals surface area contributed by atoms with E-state index in [4.69, 9.17) is 13.6 Å². The van der Waals surface area contributed by atoms with Crippen molar-refractivity contribution in [2.24, 2.45) is 0 Å². The van der Waals surface area contributed by atoms with Gasteiger partial charge in [-0.3, -0.25) is 0 Å². The maximum atomic E-state index is 5.92. The van der Waals surface area contributed by atoms with Crippen LogP contribution in [0.3, 0.4) is 0 Å². The molecule has 3 atom stereocenters. The van der Waals surface area contributed by atoms with E-state index in [1.807, 2.05) is 5.70 Å². The van der Waals surface area contributed by atoms with E-state index < -0.39 is 18.1 Å². The molecule has 0 saturated carbocycles. The summed E-state index contributed by atoms with van der Waals surface area (Å²) in [5.74, 6) is 0.